The number of benzene rings is 1. The van der Waals surface area contributed by atoms with Gasteiger partial charge >= 0.3 is 0 Å². The molecule has 20 heavy (non-hydrogen) atoms. The molecular weight excluding hydrogens is 256 g/mol. The van der Waals surface area contributed by atoms with Crippen molar-refractivity contribution in [2.24, 2.45) is 0 Å². The number of methoxy groups -OCH3 is 3. The summed E-state index contributed by atoms with van der Waals surface area (Å²) >= 11 is 0. The van der Waals surface area contributed by atoms with Gasteiger partial charge in [-0.25, -0.2) is 0 Å². The van der Waals surface area contributed by atoms with Crippen LogP contribution in [0.3, 0.4) is 0 Å². The van der Waals surface area contributed by atoms with Gasteiger partial charge in [0.25, 0.3) is 0 Å². The number of carbonyl (C=O) groups is 1. The Bertz CT molecular complexity index is 452. The summed E-state index contributed by atoms with van der Waals surface area (Å²) in [6.07, 6.45) is 6.60. The third-order valence-electron chi connectivity index (χ3n) is 2.94. The van der Waals surface area contributed by atoms with Gasteiger partial charge in [0.15, 0.2) is 17.3 Å². The fraction of sp³-hybridized carbons (Fsp3) is 0.438. The van der Waals surface area contributed by atoms with Crippen LogP contribution in [0.25, 0.3) is 0 Å². The molecule has 1 rings (SSSR count). The molecule has 0 N–H and O–H groups in total. The van der Waals surface area contributed by atoms with Crippen molar-refractivity contribution in [3.05, 3.63) is 29.8 Å². The number of ether oxygens (including phenoxy) is 3. The molecule has 0 heterocycles. The molecule has 1 aromatic carbocycles. The number of carbonyl (C=O) groups excluding carboxylic acids is 1. The Morgan fingerprint density at radius 1 is 1.10 bits per heavy atom. The highest BCUT2D eigenvalue weighted by molar-refractivity contribution is 6.05. The summed E-state index contributed by atoms with van der Waals surface area (Å²) in [7, 11) is 4.60. The number of unbranched alkanes of at least 4 members (excludes halogenated alkanes) is 2. The van der Waals surface area contributed by atoms with E-state index < -0.39 is 0 Å². The minimum Gasteiger partial charge on any atom is -0.493 e. The maximum Gasteiger partial charge on any atom is 0.203 e. The van der Waals surface area contributed by atoms with Gasteiger partial charge in [0.05, 0.1) is 21.3 Å². The summed E-state index contributed by atoms with van der Waals surface area (Å²) < 4.78 is 15.7. The van der Waals surface area contributed by atoms with Crippen molar-refractivity contribution in [2.75, 3.05) is 21.3 Å². The molecule has 0 fully saturated rings. The standard InChI is InChI=1S/C16H22O4/c1-5-6-7-8-9-13(17)12-10-14(18-2)16(20-4)15(11-12)19-3/h8-11H,5-7H2,1-4H3. The van der Waals surface area contributed by atoms with Crippen LogP contribution in [0.5, 0.6) is 17.2 Å². The normalized spacial score (nSPS) is 10.6. The van der Waals surface area contributed by atoms with Gasteiger partial charge in [0.2, 0.25) is 5.75 Å². The van der Waals surface area contributed by atoms with Crippen molar-refractivity contribution in [2.45, 2.75) is 26.2 Å². The zero-order valence-corrected chi connectivity index (χ0v) is 12.6. The fourth-order valence-corrected chi connectivity index (χ4v) is 1.83. The van der Waals surface area contributed by atoms with E-state index in [1.54, 1.807) is 18.2 Å². The molecule has 0 radical (unpaired) electrons. The van der Waals surface area contributed by atoms with Crippen LogP contribution in [-0.4, -0.2) is 27.1 Å². The quantitative estimate of drug-likeness (QED) is 0.414. The van der Waals surface area contributed by atoms with E-state index in [0.717, 1.165) is 19.3 Å². The lowest BCUT2D eigenvalue weighted by molar-refractivity contribution is 0.104. The number of hydrogen-bond donors (Lipinski definition) is 0. The van der Waals surface area contributed by atoms with Gasteiger partial charge in [-0.2, -0.15) is 0 Å². The SMILES string of the molecule is CCCCC=CC(=O)c1cc(OC)c(OC)c(OC)c1. The van der Waals surface area contributed by atoms with Gasteiger partial charge in [0.1, 0.15) is 0 Å². The van der Waals surface area contributed by atoms with Gasteiger partial charge in [-0.15, -0.1) is 0 Å². The summed E-state index contributed by atoms with van der Waals surface area (Å²) in [6, 6.07) is 3.32. The van der Waals surface area contributed by atoms with Crippen LogP contribution in [0.2, 0.25) is 0 Å². The fourth-order valence-electron chi connectivity index (χ4n) is 1.83. The molecule has 4 heteroatoms. The van der Waals surface area contributed by atoms with E-state index in [1.807, 2.05) is 6.08 Å². The molecule has 0 saturated heterocycles. The molecule has 0 amide bonds. The summed E-state index contributed by atoms with van der Waals surface area (Å²) in [5.41, 5.74) is 0.521. The summed E-state index contributed by atoms with van der Waals surface area (Å²) in [6.45, 7) is 2.12. The Kier molecular flexibility index (Phi) is 6.64. The molecule has 0 aliphatic heterocycles. The molecule has 0 atom stereocenters. The molecule has 1 aromatic rings. The second-order valence-electron chi connectivity index (χ2n) is 4.32. The van der Waals surface area contributed by atoms with E-state index in [0.29, 0.717) is 22.8 Å². The van der Waals surface area contributed by atoms with Crippen LogP contribution >= 0.6 is 0 Å². The first kappa shape index (κ1) is 16.1. The van der Waals surface area contributed by atoms with Gasteiger partial charge in [-0.05, 0) is 24.6 Å². The largest absolute Gasteiger partial charge is 0.493 e. The van der Waals surface area contributed by atoms with Crippen LogP contribution in [0.1, 0.15) is 36.5 Å². The minimum atomic E-state index is -0.0691. The molecular formula is C16H22O4. The van der Waals surface area contributed by atoms with Crippen molar-refractivity contribution < 1.29 is 19.0 Å². The van der Waals surface area contributed by atoms with Crippen LogP contribution in [0, 0.1) is 0 Å². The highest BCUT2D eigenvalue weighted by Crippen LogP contribution is 2.38. The number of allylic oxidation sites excluding steroid dienone is 2. The van der Waals surface area contributed by atoms with Crippen molar-refractivity contribution in [1.29, 1.82) is 0 Å². The molecule has 0 unspecified atom stereocenters. The topological polar surface area (TPSA) is 44.8 Å². The monoisotopic (exact) mass is 278 g/mol. The average Bonchev–Trinajstić information content (AvgIpc) is 2.49. The van der Waals surface area contributed by atoms with E-state index in [2.05, 4.69) is 6.92 Å². The maximum atomic E-state index is 12.1. The zero-order valence-electron chi connectivity index (χ0n) is 12.6. The Balaban J connectivity index is 3.00. The predicted molar refractivity (Wildman–Crippen MR) is 79.1 cm³/mol. The first-order chi connectivity index (χ1) is 9.67. The molecule has 110 valence electrons. The Labute approximate surface area is 120 Å². The number of hydrogen-bond acceptors (Lipinski definition) is 4. The van der Waals surface area contributed by atoms with Gasteiger partial charge in [-0.1, -0.05) is 25.8 Å². The molecule has 0 aliphatic rings. The second kappa shape index (κ2) is 8.25. The van der Waals surface area contributed by atoms with E-state index in [4.69, 9.17) is 14.2 Å². The van der Waals surface area contributed by atoms with Crippen LogP contribution < -0.4 is 14.2 Å². The lowest BCUT2D eigenvalue weighted by atomic mass is 10.1. The number of ketones is 1. The zero-order chi connectivity index (χ0) is 15.0. The summed E-state index contributed by atoms with van der Waals surface area (Å²) in [5, 5.41) is 0. The van der Waals surface area contributed by atoms with Gasteiger partial charge < -0.3 is 14.2 Å². The molecule has 0 aliphatic carbocycles. The van der Waals surface area contributed by atoms with E-state index >= 15 is 0 Å². The number of rotatable bonds is 8. The molecule has 0 bridgehead atoms. The van der Waals surface area contributed by atoms with Crippen molar-refractivity contribution in [3.63, 3.8) is 0 Å². The van der Waals surface area contributed by atoms with E-state index in [9.17, 15) is 4.79 Å². The third-order valence-corrected chi connectivity index (χ3v) is 2.94. The summed E-state index contributed by atoms with van der Waals surface area (Å²) in [4.78, 5) is 12.1. The molecule has 0 saturated carbocycles. The Morgan fingerprint density at radius 3 is 2.15 bits per heavy atom. The van der Waals surface area contributed by atoms with E-state index in [1.165, 1.54) is 21.3 Å². The second-order valence-corrected chi connectivity index (χ2v) is 4.32. The Morgan fingerprint density at radius 2 is 1.70 bits per heavy atom. The van der Waals surface area contributed by atoms with Gasteiger partial charge in [-0.3, -0.25) is 4.79 Å². The average molecular weight is 278 g/mol. The molecule has 4 nitrogen and oxygen atoms in total. The van der Waals surface area contributed by atoms with Gasteiger partial charge in [0, 0.05) is 5.56 Å². The highest BCUT2D eigenvalue weighted by Gasteiger charge is 2.15. The van der Waals surface area contributed by atoms with Crippen LogP contribution in [0.4, 0.5) is 0 Å². The van der Waals surface area contributed by atoms with Crippen LogP contribution in [0.15, 0.2) is 24.3 Å². The molecule has 0 aromatic heterocycles. The van der Waals surface area contributed by atoms with Crippen molar-refractivity contribution in [1.82, 2.24) is 0 Å². The van der Waals surface area contributed by atoms with Crippen molar-refractivity contribution in [3.8, 4) is 17.2 Å². The lowest BCUT2D eigenvalue weighted by Crippen LogP contribution is -2.00. The van der Waals surface area contributed by atoms with Crippen LogP contribution in [-0.2, 0) is 0 Å². The first-order valence-corrected chi connectivity index (χ1v) is 6.68. The highest BCUT2D eigenvalue weighted by atomic mass is 16.5. The first-order valence-electron chi connectivity index (χ1n) is 6.68. The minimum absolute atomic E-state index is 0.0691. The lowest BCUT2D eigenvalue weighted by Gasteiger charge is -2.13. The van der Waals surface area contributed by atoms with E-state index in [-0.39, 0.29) is 5.78 Å². The Hall–Kier alpha value is -1.97. The third kappa shape index (κ3) is 4.02. The smallest absolute Gasteiger partial charge is 0.203 e. The van der Waals surface area contributed by atoms with Crippen molar-refractivity contribution >= 4 is 5.78 Å². The maximum absolute atomic E-state index is 12.1. The molecule has 0 spiro atoms. The summed E-state index contributed by atoms with van der Waals surface area (Å²) in [5.74, 6) is 1.39. The predicted octanol–water partition coefficient (Wildman–Crippen LogP) is 3.64.